The van der Waals surface area contributed by atoms with Crippen molar-refractivity contribution in [2.45, 2.75) is 55.1 Å². The average molecular weight is 595 g/mol. The lowest BCUT2D eigenvalue weighted by Gasteiger charge is -2.42. The van der Waals surface area contributed by atoms with Crippen LogP contribution in [-0.4, -0.2) is 128 Å². The Bertz CT molecular complexity index is 1170. The smallest absolute Gasteiger partial charge is 0.252 e. The van der Waals surface area contributed by atoms with Gasteiger partial charge in [-0.05, 0) is 36.4 Å². The van der Waals surface area contributed by atoms with E-state index in [0.29, 0.717) is 17.1 Å². The molecule has 0 radical (unpaired) electrons. The number of nitrogens with one attached hydrogen (secondary N) is 2. The lowest BCUT2D eigenvalue weighted by Crippen LogP contribution is -2.62. The summed E-state index contributed by atoms with van der Waals surface area (Å²) in [6.07, 6.45) is -17.2. The monoisotopic (exact) mass is 594 g/mol. The Morgan fingerprint density at radius 1 is 0.881 bits per heavy atom. The first kappa shape index (κ1) is 33.1. The van der Waals surface area contributed by atoms with Gasteiger partial charge in [0.05, 0.1) is 31.1 Å². The average Bonchev–Trinajstić information content (AvgIpc) is 3.01. The molecule has 1 saturated heterocycles. The molecule has 0 unspecified atom stereocenters. The van der Waals surface area contributed by atoms with Crippen molar-refractivity contribution in [3.05, 3.63) is 54.6 Å². The van der Waals surface area contributed by atoms with Crippen molar-refractivity contribution >= 4 is 28.9 Å². The molecule has 2 amide bonds. The van der Waals surface area contributed by atoms with Crippen molar-refractivity contribution in [2.24, 2.45) is 10.2 Å². The molecule has 0 bridgehead atoms. The summed E-state index contributed by atoms with van der Waals surface area (Å²) in [7, 11) is 0. The van der Waals surface area contributed by atoms with Crippen LogP contribution >= 0.6 is 0 Å². The fraction of sp³-hybridized carbons (Fsp3) is 0.462. The second-order valence-electron chi connectivity index (χ2n) is 9.33. The van der Waals surface area contributed by atoms with Crippen molar-refractivity contribution in [2.75, 3.05) is 25.1 Å². The van der Waals surface area contributed by atoms with Gasteiger partial charge in [-0.2, -0.15) is 10.2 Å². The number of aliphatic hydroxyl groups is 8. The van der Waals surface area contributed by atoms with Gasteiger partial charge in [0.25, 0.3) is 5.91 Å². The van der Waals surface area contributed by atoms with Gasteiger partial charge < -0.3 is 61.0 Å². The van der Waals surface area contributed by atoms with Crippen LogP contribution in [0.3, 0.4) is 0 Å². The van der Waals surface area contributed by atoms with Crippen LogP contribution < -0.4 is 10.6 Å². The number of rotatable bonds is 13. The third-order valence-electron chi connectivity index (χ3n) is 6.25. The normalized spacial score (nSPS) is 25.4. The van der Waals surface area contributed by atoms with Gasteiger partial charge in [-0.25, -0.2) is 0 Å². The topological polar surface area (TPSA) is 263 Å². The van der Waals surface area contributed by atoms with E-state index in [4.69, 9.17) is 9.47 Å². The molecule has 16 heteroatoms. The zero-order valence-corrected chi connectivity index (χ0v) is 22.1. The maximum Gasteiger partial charge on any atom is 0.252 e. The third kappa shape index (κ3) is 8.79. The first-order valence-corrected chi connectivity index (χ1v) is 12.8. The number of hydrogen-bond donors (Lipinski definition) is 10. The standard InChI is InChI=1S/C26H34N4O12/c31-11-16(33)24(42-26-23(39)20(36)19(35)17(12-32)41-26)21(37)22(38)25(40)27-10-18(34)28-13-6-8-15(9-7-13)30-29-14-4-2-1-3-5-14/h1-9,16-17,19-24,26,31-33,35-39H,10-12H2,(H,27,40)(H,28,34)/t16-,17-,19+,20+,21-,22-,23-,24-,26+/m1/s1. The Balaban J connectivity index is 1.53. The number of carbonyl (C=O) groups excluding carboxylic acids is 2. The largest absolute Gasteiger partial charge is 0.394 e. The minimum absolute atomic E-state index is 0.368. The zero-order chi connectivity index (χ0) is 30.8. The van der Waals surface area contributed by atoms with E-state index >= 15 is 0 Å². The Labute approximate surface area is 239 Å². The van der Waals surface area contributed by atoms with Crippen molar-refractivity contribution in [3.8, 4) is 0 Å². The minimum atomic E-state index is -2.30. The number of carbonyl (C=O) groups is 2. The van der Waals surface area contributed by atoms with E-state index in [1.807, 2.05) is 18.2 Å². The Morgan fingerprint density at radius 2 is 1.50 bits per heavy atom. The second-order valence-corrected chi connectivity index (χ2v) is 9.33. The van der Waals surface area contributed by atoms with Crippen molar-refractivity contribution in [3.63, 3.8) is 0 Å². The predicted octanol–water partition coefficient (Wildman–Crippen LogP) is -2.58. The van der Waals surface area contributed by atoms with Crippen molar-refractivity contribution < 1.29 is 59.9 Å². The molecule has 1 aliphatic rings. The summed E-state index contributed by atoms with van der Waals surface area (Å²) in [5.41, 5.74) is 1.55. The number of ether oxygens (including phenoxy) is 2. The number of hydrogen-bond acceptors (Lipinski definition) is 14. The summed E-state index contributed by atoms with van der Waals surface area (Å²) in [6, 6.07) is 15.4. The summed E-state index contributed by atoms with van der Waals surface area (Å²) in [4.78, 5) is 24.7. The number of aliphatic hydroxyl groups excluding tert-OH is 8. The highest BCUT2D eigenvalue weighted by atomic mass is 16.7. The van der Waals surface area contributed by atoms with Crippen LogP contribution in [0.15, 0.2) is 64.8 Å². The quantitative estimate of drug-likeness (QED) is 0.107. The first-order chi connectivity index (χ1) is 20.0. The molecule has 3 rings (SSSR count). The molecule has 10 N–H and O–H groups in total. The maximum atomic E-state index is 12.4. The SMILES string of the molecule is O=C(CNC(=O)[C@H](O)[C@@H](O)[C@H](O[C@@H]1O[C@H](CO)[C@H](O)[C@H](O)[C@H]1O)[C@H](O)CO)Nc1ccc(N=Nc2ccccc2)cc1. The maximum absolute atomic E-state index is 12.4. The lowest BCUT2D eigenvalue weighted by molar-refractivity contribution is -0.326. The summed E-state index contributed by atoms with van der Waals surface area (Å²) >= 11 is 0. The van der Waals surface area contributed by atoms with Gasteiger partial charge >= 0.3 is 0 Å². The highest BCUT2D eigenvalue weighted by Crippen LogP contribution is 2.25. The summed E-state index contributed by atoms with van der Waals surface area (Å²) in [5.74, 6) is -1.94. The van der Waals surface area contributed by atoms with Gasteiger partial charge in [-0.3, -0.25) is 9.59 Å². The molecule has 42 heavy (non-hydrogen) atoms. The number of anilines is 1. The van der Waals surface area contributed by atoms with E-state index in [1.54, 1.807) is 36.4 Å². The molecular weight excluding hydrogens is 560 g/mol. The fourth-order valence-corrected chi connectivity index (χ4v) is 3.87. The molecule has 0 spiro atoms. The Kier molecular flexibility index (Phi) is 12.4. The van der Waals surface area contributed by atoms with Crippen LogP contribution in [0, 0.1) is 0 Å². The molecule has 1 heterocycles. The molecule has 230 valence electrons. The van der Waals surface area contributed by atoms with E-state index in [9.17, 15) is 50.4 Å². The van der Waals surface area contributed by atoms with Crippen LogP contribution in [0.5, 0.6) is 0 Å². The highest BCUT2D eigenvalue weighted by Gasteiger charge is 2.47. The Hall–Kier alpha value is -3.42. The van der Waals surface area contributed by atoms with Gasteiger partial charge in [-0.15, -0.1) is 0 Å². The molecule has 0 aromatic heterocycles. The van der Waals surface area contributed by atoms with Crippen LogP contribution in [0.1, 0.15) is 0 Å². The Morgan fingerprint density at radius 3 is 2.10 bits per heavy atom. The third-order valence-corrected chi connectivity index (χ3v) is 6.25. The van der Waals surface area contributed by atoms with Gasteiger partial charge in [0.15, 0.2) is 12.4 Å². The van der Waals surface area contributed by atoms with Crippen LogP contribution in [0.4, 0.5) is 17.1 Å². The molecule has 1 aliphatic heterocycles. The van der Waals surface area contributed by atoms with Gasteiger partial charge in [-0.1, -0.05) is 18.2 Å². The van der Waals surface area contributed by atoms with Crippen LogP contribution in [0.25, 0.3) is 0 Å². The number of benzene rings is 2. The number of amides is 2. The summed E-state index contributed by atoms with van der Waals surface area (Å²) < 4.78 is 10.4. The van der Waals surface area contributed by atoms with Crippen molar-refractivity contribution in [1.82, 2.24) is 5.32 Å². The molecule has 2 aromatic carbocycles. The van der Waals surface area contributed by atoms with E-state index in [-0.39, 0.29) is 0 Å². The molecule has 1 fully saturated rings. The lowest BCUT2D eigenvalue weighted by atomic mass is 9.98. The second kappa shape index (κ2) is 15.7. The summed E-state index contributed by atoms with van der Waals surface area (Å²) in [5, 5.41) is 92.4. The molecular formula is C26H34N4O12. The molecule has 16 nitrogen and oxygen atoms in total. The predicted molar refractivity (Wildman–Crippen MR) is 142 cm³/mol. The molecule has 0 aliphatic carbocycles. The van der Waals surface area contributed by atoms with E-state index in [0.717, 1.165) is 0 Å². The van der Waals surface area contributed by atoms with E-state index in [2.05, 4.69) is 20.9 Å². The molecule has 0 saturated carbocycles. The van der Waals surface area contributed by atoms with Crippen LogP contribution in [0.2, 0.25) is 0 Å². The summed E-state index contributed by atoms with van der Waals surface area (Å²) in [6.45, 7) is -2.45. The van der Waals surface area contributed by atoms with E-state index in [1.165, 1.54) is 0 Å². The van der Waals surface area contributed by atoms with Gasteiger partial charge in [0.2, 0.25) is 5.91 Å². The fourth-order valence-electron chi connectivity index (χ4n) is 3.87. The van der Waals surface area contributed by atoms with Crippen LogP contribution in [-0.2, 0) is 19.1 Å². The molecule has 9 atom stereocenters. The van der Waals surface area contributed by atoms with Crippen molar-refractivity contribution in [1.29, 1.82) is 0 Å². The van der Waals surface area contributed by atoms with Gasteiger partial charge in [0, 0.05) is 5.69 Å². The minimum Gasteiger partial charge on any atom is -0.394 e. The number of azo groups is 1. The van der Waals surface area contributed by atoms with E-state index < -0.39 is 86.7 Å². The highest BCUT2D eigenvalue weighted by molar-refractivity contribution is 5.95. The van der Waals surface area contributed by atoms with Gasteiger partial charge in [0.1, 0.15) is 42.7 Å². The first-order valence-electron chi connectivity index (χ1n) is 12.8. The number of nitrogens with zero attached hydrogens (tertiary/aromatic N) is 2. The zero-order valence-electron chi connectivity index (χ0n) is 22.1. The molecule has 2 aromatic rings.